The van der Waals surface area contributed by atoms with Crippen LogP contribution in [-0.2, 0) is 6.42 Å². The lowest BCUT2D eigenvalue weighted by Gasteiger charge is -2.18. The van der Waals surface area contributed by atoms with Gasteiger partial charge in [0.25, 0.3) is 0 Å². The zero-order valence-electron chi connectivity index (χ0n) is 11.5. The highest BCUT2D eigenvalue weighted by molar-refractivity contribution is 9.10. The predicted molar refractivity (Wildman–Crippen MR) is 81.0 cm³/mol. The molecule has 0 saturated carbocycles. The lowest BCUT2D eigenvalue weighted by molar-refractivity contribution is 0.532. The molecule has 2 aromatic rings. The number of rotatable bonds is 5. The molecule has 1 unspecified atom stereocenters. The van der Waals surface area contributed by atoms with Crippen LogP contribution < -0.4 is 5.32 Å². The molecule has 1 aromatic carbocycles. The number of likely N-dealkylation sites (N-methyl/N-ethyl adjacent to an activating group) is 1. The van der Waals surface area contributed by atoms with Gasteiger partial charge in [0, 0.05) is 10.7 Å². The van der Waals surface area contributed by atoms with Crippen molar-refractivity contribution in [2.45, 2.75) is 26.3 Å². The first-order chi connectivity index (χ1) is 9.60. The van der Waals surface area contributed by atoms with Crippen LogP contribution in [0.4, 0.5) is 4.39 Å². The highest BCUT2D eigenvalue weighted by atomic mass is 79.9. The van der Waals surface area contributed by atoms with Crippen LogP contribution in [0.2, 0.25) is 0 Å². The summed E-state index contributed by atoms with van der Waals surface area (Å²) in [6, 6.07) is 6.77. The van der Waals surface area contributed by atoms with Crippen LogP contribution in [-0.4, -0.2) is 16.5 Å². The molecule has 1 aromatic heterocycles. The second-order valence-electron chi connectivity index (χ2n) is 4.58. The standard InChI is InChI=1S/C15H17BrFN3/c1-3-18-15(14-6-7-19-10(2)20-14)8-11-4-5-12(17)9-13(11)16/h4-7,9,15,18H,3,8H2,1-2H3. The fourth-order valence-electron chi connectivity index (χ4n) is 2.10. The van der Waals surface area contributed by atoms with Crippen molar-refractivity contribution in [1.82, 2.24) is 15.3 Å². The molecule has 5 heteroatoms. The fourth-order valence-corrected chi connectivity index (χ4v) is 2.62. The molecular weight excluding hydrogens is 321 g/mol. The molecule has 0 aliphatic carbocycles. The van der Waals surface area contributed by atoms with Gasteiger partial charge >= 0.3 is 0 Å². The number of aromatic nitrogens is 2. The van der Waals surface area contributed by atoms with Gasteiger partial charge in [-0.15, -0.1) is 0 Å². The first-order valence-electron chi connectivity index (χ1n) is 6.57. The molecule has 2 rings (SSSR count). The Bertz CT molecular complexity index is 589. The molecule has 3 nitrogen and oxygen atoms in total. The summed E-state index contributed by atoms with van der Waals surface area (Å²) in [4.78, 5) is 8.59. The molecule has 1 atom stereocenters. The topological polar surface area (TPSA) is 37.8 Å². The quantitative estimate of drug-likeness (QED) is 0.906. The summed E-state index contributed by atoms with van der Waals surface area (Å²) < 4.78 is 13.9. The monoisotopic (exact) mass is 337 g/mol. The third-order valence-electron chi connectivity index (χ3n) is 3.04. The Hall–Kier alpha value is -1.33. The normalized spacial score (nSPS) is 12.4. The number of nitrogens with zero attached hydrogens (tertiary/aromatic N) is 2. The van der Waals surface area contributed by atoms with Gasteiger partial charge in [-0.25, -0.2) is 14.4 Å². The molecule has 1 heterocycles. The van der Waals surface area contributed by atoms with Crippen LogP contribution in [0.25, 0.3) is 0 Å². The number of hydrogen-bond acceptors (Lipinski definition) is 3. The summed E-state index contributed by atoms with van der Waals surface area (Å²) in [7, 11) is 0. The first-order valence-corrected chi connectivity index (χ1v) is 7.36. The number of benzene rings is 1. The Morgan fingerprint density at radius 3 is 2.80 bits per heavy atom. The van der Waals surface area contributed by atoms with Crippen molar-refractivity contribution >= 4 is 15.9 Å². The van der Waals surface area contributed by atoms with Crippen molar-refractivity contribution in [3.63, 3.8) is 0 Å². The molecule has 0 spiro atoms. The number of halogens is 2. The maximum Gasteiger partial charge on any atom is 0.125 e. The van der Waals surface area contributed by atoms with Gasteiger partial charge in [-0.05, 0) is 43.7 Å². The van der Waals surface area contributed by atoms with E-state index in [0.717, 1.165) is 34.5 Å². The minimum Gasteiger partial charge on any atom is -0.309 e. The Morgan fingerprint density at radius 1 is 1.35 bits per heavy atom. The van der Waals surface area contributed by atoms with Crippen molar-refractivity contribution in [2.75, 3.05) is 6.54 Å². The van der Waals surface area contributed by atoms with Crippen molar-refractivity contribution in [3.8, 4) is 0 Å². The third kappa shape index (κ3) is 3.84. The zero-order valence-corrected chi connectivity index (χ0v) is 13.1. The summed E-state index contributed by atoms with van der Waals surface area (Å²) in [5.74, 6) is 0.516. The Balaban J connectivity index is 2.25. The van der Waals surface area contributed by atoms with Crippen molar-refractivity contribution in [1.29, 1.82) is 0 Å². The van der Waals surface area contributed by atoms with Crippen LogP contribution in [0.3, 0.4) is 0 Å². The lowest BCUT2D eigenvalue weighted by atomic mass is 10.0. The Kier molecular flexibility index (Phi) is 5.20. The second-order valence-corrected chi connectivity index (χ2v) is 5.43. The number of nitrogens with one attached hydrogen (secondary N) is 1. The van der Waals surface area contributed by atoms with Crippen LogP contribution in [0.5, 0.6) is 0 Å². The fraction of sp³-hybridized carbons (Fsp3) is 0.333. The summed E-state index contributed by atoms with van der Waals surface area (Å²) in [5.41, 5.74) is 2.00. The van der Waals surface area contributed by atoms with E-state index in [-0.39, 0.29) is 11.9 Å². The number of aryl methyl sites for hydroxylation is 1. The molecule has 0 aliphatic heterocycles. The Morgan fingerprint density at radius 2 is 2.15 bits per heavy atom. The maximum absolute atomic E-state index is 13.1. The molecule has 106 valence electrons. The van der Waals surface area contributed by atoms with Crippen LogP contribution >= 0.6 is 15.9 Å². The van der Waals surface area contributed by atoms with Gasteiger partial charge in [0.05, 0.1) is 11.7 Å². The van der Waals surface area contributed by atoms with E-state index in [0.29, 0.717) is 0 Å². The molecule has 0 saturated heterocycles. The maximum atomic E-state index is 13.1. The molecule has 20 heavy (non-hydrogen) atoms. The van der Waals surface area contributed by atoms with Crippen LogP contribution in [0, 0.1) is 12.7 Å². The van der Waals surface area contributed by atoms with E-state index in [2.05, 4.69) is 38.1 Å². The summed E-state index contributed by atoms with van der Waals surface area (Å²) in [5, 5.41) is 3.41. The highest BCUT2D eigenvalue weighted by Crippen LogP contribution is 2.24. The highest BCUT2D eigenvalue weighted by Gasteiger charge is 2.15. The van der Waals surface area contributed by atoms with E-state index in [1.807, 2.05) is 13.0 Å². The largest absolute Gasteiger partial charge is 0.309 e. The minimum absolute atomic E-state index is 0.0865. The minimum atomic E-state index is -0.237. The van der Waals surface area contributed by atoms with Gasteiger partial charge < -0.3 is 5.32 Å². The lowest BCUT2D eigenvalue weighted by Crippen LogP contribution is -2.24. The predicted octanol–water partition coefficient (Wildman–Crippen LogP) is 3.58. The number of hydrogen-bond donors (Lipinski definition) is 1. The molecule has 0 bridgehead atoms. The van der Waals surface area contributed by atoms with Gasteiger partial charge in [-0.2, -0.15) is 0 Å². The smallest absolute Gasteiger partial charge is 0.125 e. The van der Waals surface area contributed by atoms with Crippen molar-refractivity contribution in [2.24, 2.45) is 0 Å². The van der Waals surface area contributed by atoms with E-state index in [1.165, 1.54) is 12.1 Å². The Labute approximate surface area is 126 Å². The molecule has 0 fully saturated rings. The van der Waals surface area contributed by atoms with Gasteiger partial charge in [0.15, 0.2) is 0 Å². The molecule has 0 aliphatic rings. The molecule has 0 radical (unpaired) electrons. The third-order valence-corrected chi connectivity index (χ3v) is 3.78. The summed E-state index contributed by atoms with van der Waals surface area (Å²) >= 11 is 3.41. The molecule has 0 amide bonds. The van der Waals surface area contributed by atoms with Gasteiger partial charge in [-0.3, -0.25) is 0 Å². The van der Waals surface area contributed by atoms with Crippen molar-refractivity contribution in [3.05, 3.63) is 57.8 Å². The van der Waals surface area contributed by atoms with Crippen LogP contribution in [0.15, 0.2) is 34.9 Å². The summed E-state index contributed by atoms with van der Waals surface area (Å²) in [6.45, 7) is 4.77. The van der Waals surface area contributed by atoms with Crippen molar-refractivity contribution < 1.29 is 4.39 Å². The van der Waals surface area contributed by atoms with Crippen LogP contribution in [0.1, 0.15) is 30.0 Å². The van der Waals surface area contributed by atoms with Gasteiger partial charge in [0.2, 0.25) is 0 Å². The van der Waals surface area contributed by atoms with E-state index in [9.17, 15) is 4.39 Å². The second kappa shape index (κ2) is 6.90. The molecular formula is C15H17BrFN3. The van der Waals surface area contributed by atoms with E-state index in [1.54, 1.807) is 12.3 Å². The molecule has 1 N–H and O–H groups in total. The van der Waals surface area contributed by atoms with E-state index < -0.39 is 0 Å². The van der Waals surface area contributed by atoms with E-state index >= 15 is 0 Å². The average molecular weight is 338 g/mol. The average Bonchev–Trinajstić information content (AvgIpc) is 2.41. The van der Waals surface area contributed by atoms with E-state index in [4.69, 9.17) is 0 Å². The summed E-state index contributed by atoms with van der Waals surface area (Å²) in [6.07, 6.45) is 2.51. The zero-order chi connectivity index (χ0) is 14.5. The van der Waals surface area contributed by atoms with Gasteiger partial charge in [-0.1, -0.05) is 28.9 Å². The SMILES string of the molecule is CCNC(Cc1ccc(F)cc1Br)c1ccnc(C)n1. The first kappa shape index (κ1) is 15.1. The van der Waals surface area contributed by atoms with Gasteiger partial charge in [0.1, 0.15) is 11.6 Å².